The number of rotatable bonds is 6. The van der Waals surface area contributed by atoms with Crippen molar-refractivity contribution in [2.45, 2.75) is 19.1 Å². The summed E-state index contributed by atoms with van der Waals surface area (Å²) in [6.07, 6.45) is 4.19. The molecule has 122 valence electrons. The third kappa shape index (κ3) is 5.36. The third-order valence-electron chi connectivity index (χ3n) is 2.55. The molecule has 0 amide bonds. The van der Waals surface area contributed by atoms with Crippen LogP contribution < -0.4 is 0 Å². The van der Waals surface area contributed by atoms with Crippen molar-refractivity contribution in [1.82, 2.24) is 0 Å². The lowest BCUT2D eigenvalue weighted by atomic mass is 10.3. The number of hydrogen-bond acceptors (Lipinski definition) is 7. The summed E-state index contributed by atoms with van der Waals surface area (Å²) in [5, 5.41) is -1.65. The monoisotopic (exact) mass is 358 g/mol. The summed E-state index contributed by atoms with van der Waals surface area (Å²) in [6, 6.07) is 0. The molecule has 10 heteroatoms. The van der Waals surface area contributed by atoms with Crippen LogP contribution in [0.15, 0.2) is 22.0 Å². The highest BCUT2D eigenvalue weighted by Gasteiger charge is 2.36. The van der Waals surface area contributed by atoms with Gasteiger partial charge in [0.1, 0.15) is 4.91 Å². The minimum absolute atomic E-state index is 0.657. The molecule has 0 rings (SSSR count). The fourth-order valence-corrected chi connectivity index (χ4v) is 6.12. The maximum Gasteiger partial charge on any atom is 0.197 e. The molecule has 7 nitrogen and oxygen atoms in total. The molecule has 1 unspecified atom stereocenters. The van der Waals surface area contributed by atoms with E-state index in [4.69, 9.17) is 0 Å². The van der Waals surface area contributed by atoms with Crippen molar-refractivity contribution in [3.63, 3.8) is 0 Å². The Bertz CT molecular complexity index is 794. The third-order valence-corrected chi connectivity index (χ3v) is 6.87. The summed E-state index contributed by atoms with van der Waals surface area (Å²) in [7, 11) is -12.4. The minimum Gasteiger partial charge on any atom is -0.288 e. The van der Waals surface area contributed by atoms with E-state index in [0.717, 1.165) is 19.3 Å². The predicted octanol–water partition coefficient (Wildman–Crippen LogP) is -0.134. The molecule has 0 aromatic rings. The minimum atomic E-state index is -4.24. The summed E-state index contributed by atoms with van der Waals surface area (Å²) < 4.78 is 70.5. The molecule has 0 aliphatic carbocycles. The molecule has 1 atom stereocenters. The van der Waals surface area contributed by atoms with Gasteiger partial charge in [-0.3, -0.25) is 4.79 Å². The molecule has 0 aromatic heterocycles. The van der Waals surface area contributed by atoms with Crippen molar-refractivity contribution < 1.29 is 30.0 Å². The zero-order valence-electron chi connectivity index (χ0n) is 12.3. The lowest BCUT2D eigenvalue weighted by molar-refractivity contribution is -0.110. The van der Waals surface area contributed by atoms with Crippen molar-refractivity contribution in [1.29, 1.82) is 0 Å². The Labute approximate surface area is 125 Å². The van der Waals surface area contributed by atoms with Gasteiger partial charge in [-0.15, -0.1) is 0 Å². The number of hydrogen-bond donors (Lipinski definition) is 0. The Hall–Kier alpha value is -1.00. The first-order valence-electron chi connectivity index (χ1n) is 5.64. The largest absolute Gasteiger partial charge is 0.288 e. The summed E-state index contributed by atoms with van der Waals surface area (Å²) in [4.78, 5) is 10.0. The van der Waals surface area contributed by atoms with Crippen molar-refractivity contribution in [2.24, 2.45) is 0 Å². The van der Waals surface area contributed by atoms with Gasteiger partial charge in [0.2, 0.25) is 0 Å². The SMILES string of the molecule is CC=CC(=O)C(=C(C(C)S(C)(=O)=O)S(C)(=O)=O)S(C)(=O)=O. The molecule has 0 N–H and O–H groups in total. The number of carbonyl (C=O) groups is 1. The lowest BCUT2D eigenvalue weighted by Gasteiger charge is -2.16. The van der Waals surface area contributed by atoms with Crippen LogP contribution in [0, 0.1) is 0 Å². The van der Waals surface area contributed by atoms with Crippen molar-refractivity contribution in [3.05, 3.63) is 22.0 Å². The Morgan fingerprint density at radius 2 is 1.33 bits per heavy atom. The van der Waals surface area contributed by atoms with Crippen LogP contribution in [0.25, 0.3) is 0 Å². The normalized spacial score (nSPS) is 16.6. The van der Waals surface area contributed by atoms with Gasteiger partial charge in [0, 0.05) is 18.8 Å². The molecule has 0 spiro atoms. The number of sulfone groups is 3. The van der Waals surface area contributed by atoms with Gasteiger partial charge in [-0.2, -0.15) is 0 Å². The fourth-order valence-electron chi connectivity index (χ4n) is 1.56. The molecule has 0 saturated carbocycles. The summed E-state index contributed by atoms with van der Waals surface area (Å²) >= 11 is 0. The van der Waals surface area contributed by atoms with Crippen molar-refractivity contribution in [2.75, 3.05) is 18.8 Å². The van der Waals surface area contributed by atoms with E-state index in [2.05, 4.69) is 0 Å². The van der Waals surface area contributed by atoms with E-state index in [-0.39, 0.29) is 0 Å². The van der Waals surface area contributed by atoms with Crippen LogP contribution in [-0.2, 0) is 34.3 Å². The second-order valence-corrected chi connectivity index (χ2v) is 10.9. The first-order valence-corrected chi connectivity index (χ1v) is 11.4. The van der Waals surface area contributed by atoms with Crippen LogP contribution in [0.2, 0.25) is 0 Å². The summed E-state index contributed by atoms with van der Waals surface area (Å²) in [5.74, 6) is -1.07. The molecular formula is C11H18O7S3. The second-order valence-electron chi connectivity index (χ2n) is 4.57. The topological polar surface area (TPSA) is 119 Å². The molecule has 21 heavy (non-hydrogen) atoms. The Balaban J connectivity index is 7.03. The first-order chi connectivity index (χ1) is 9.14. The van der Waals surface area contributed by atoms with Crippen LogP contribution >= 0.6 is 0 Å². The first kappa shape index (κ1) is 20.0. The molecule has 0 heterocycles. The summed E-state index contributed by atoms with van der Waals surface area (Å²) in [6.45, 7) is 2.47. The highest BCUT2D eigenvalue weighted by Crippen LogP contribution is 2.25. The van der Waals surface area contributed by atoms with E-state index in [1.54, 1.807) is 0 Å². The zero-order chi connectivity index (χ0) is 17.2. The number of carbonyl (C=O) groups excluding carboxylic acids is 1. The highest BCUT2D eigenvalue weighted by molar-refractivity contribution is 8.00. The van der Waals surface area contributed by atoms with Gasteiger partial charge < -0.3 is 0 Å². The van der Waals surface area contributed by atoms with Crippen LogP contribution in [-0.4, -0.2) is 55.1 Å². The van der Waals surface area contributed by atoms with E-state index in [1.165, 1.54) is 13.0 Å². The lowest BCUT2D eigenvalue weighted by Crippen LogP contribution is -2.28. The van der Waals surface area contributed by atoms with E-state index < -0.39 is 50.4 Å². The molecule has 0 fully saturated rings. The van der Waals surface area contributed by atoms with Crippen molar-refractivity contribution >= 4 is 35.3 Å². The molecule has 0 bridgehead atoms. The number of ketones is 1. The number of allylic oxidation sites excluding steroid dienone is 3. The smallest absolute Gasteiger partial charge is 0.197 e. The fraction of sp³-hybridized carbons (Fsp3) is 0.545. The maximum absolute atomic E-state index is 11.9. The quantitative estimate of drug-likeness (QED) is 0.606. The van der Waals surface area contributed by atoms with Crippen LogP contribution in [0.1, 0.15) is 13.8 Å². The van der Waals surface area contributed by atoms with Crippen LogP contribution in [0.5, 0.6) is 0 Å². The average molecular weight is 358 g/mol. The summed E-state index contributed by atoms with van der Waals surface area (Å²) in [5.41, 5.74) is 0. The Morgan fingerprint density at radius 3 is 1.57 bits per heavy atom. The van der Waals surface area contributed by atoms with Gasteiger partial charge >= 0.3 is 0 Å². The molecule has 0 aromatic carbocycles. The van der Waals surface area contributed by atoms with Crippen LogP contribution in [0.4, 0.5) is 0 Å². The Morgan fingerprint density at radius 1 is 0.905 bits per heavy atom. The second kappa shape index (κ2) is 6.41. The zero-order valence-corrected chi connectivity index (χ0v) is 14.8. The van der Waals surface area contributed by atoms with Gasteiger partial charge in [-0.25, -0.2) is 25.3 Å². The molecule has 0 saturated heterocycles. The molecular weight excluding hydrogens is 340 g/mol. The van der Waals surface area contributed by atoms with Gasteiger partial charge in [0.15, 0.2) is 35.3 Å². The Kier molecular flexibility index (Phi) is 6.10. The van der Waals surface area contributed by atoms with Crippen molar-refractivity contribution in [3.8, 4) is 0 Å². The highest BCUT2D eigenvalue weighted by atomic mass is 32.2. The van der Waals surface area contributed by atoms with E-state index in [1.807, 2.05) is 0 Å². The van der Waals surface area contributed by atoms with E-state index in [0.29, 0.717) is 12.5 Å². The van der Waals surface area contributed by atoms with E-state index >= 15 is 0 Å². The maximum atomic E-state index is 11.9. The standard InChI is InChI=1S/C11H18O7S3/c1-6-7-9(12)11(21(5,17)18)10(20(4,15)16)8(2)19(3,13)14/h6-8H,1-5H3. The van der Waals surface area contributed by atoms with Gasteiger partial charge in [-0.1, -0.05) is 6.08 Å². The molecule has 0 radical (unpaired) electrons. The molecule has 0 aliphatic rings. The predicted molar refractivity (Wildman–Crippen MR) is 80.8 cm³/mol. The van der Waals surface area contributed by atoms with E-state index in [9.17, 15) is 30.0 Å². The van der Waals surface area contributed by atoms with Crippen LogP contribution in [0.3, 0.4) is 0 Å². The molecule has 0 aliphatic heterocycles. The van der Waals surface area contributed by atoms with Gasteiger partial charge in [0.25, 0.3) is 0 Å². The average Bonchev–Trinajstić information content (AvgIpc) is 2.19. The van der Waals surface area contributed by atoms with Gasteiger partial charge in [-0.05, 0) is 19.9 Å². The van der Waals surface area contributed by atoms with Gasteiger partial charge in [0.05, 0.1) is 10.2 Å².